The van der Waals surface area contributed by atoms with Gasteiger partial charge in [-0.15, -0.1) is 0 Å². The van der Waals surface area contributed by atoms with Crippen molar-refractivity contribution in [1.29, 1.82) is 0 Å². The topological polar surface area (TPSA) is 43.4 Å². The van der Waals surface area contributed by atoms with Gasteiger partial charge in [-0.3, -0.25) is 9.59 Å². The molecule has 0 saturated heterocycles. The van der Waals surface area contributed by atoms with E-state index in [2.05, 4.69) is 0 Å². The van der Waals surface area contributed by atoms with E-state index in [4.69, 9.17) is 4.74 Å². The van der Waals surface area contributed by atoms with Crippen LogP contribution >= 0.6 is 0 Å². The Labute approximate surface area is 105 Å². The lowest BCUT2D eigenvalue weighted by Crippen LogP contribution is -2.23. The van der Waals surface area contributed by atoms with Crippen molar-refractivity contribution in [2.75, 3.05) is 0 Å². The Morgan fingerprint density at radius 3 is 2.39 bits per heavy atom. The first kappa shape index (κ1) is 12.3. The van der Waals surface area contributed by atoms with Gasteiger partial charge < -0.3 is 4.74 Å². The van der Waals surface area contributed by atoms with Crippen LogP contribution in [-0.2, 0) is 9.53 Å². The lowest BCUT2D eigenvalue weighted by Gasteiger charge is -2.11. The molecule has 0 aliphatic heterocycles. The normalized spacial score (nSPS) is 12.1. The van der Waals surface area contributed by atoms with Gasteiger partial charge in [0.05, 0.1) is 0 Å². The molecule has 0 fully saturated rings. The van der Waals surface area contributed by atoms with E-state index in [0.717, 1.165) is 10.8 Å². The first-order valence-electron chi connectivity index (χ1n) is 5.78. The Kier molecular flexibility index (Phi) is 3.42. The van der Waals surface area contributed by atoms with Gasteiger partial charge in [0.2, 0.25) is 5.78 Å². The van der Waals surface area contributed by atoms with Gasteiger partial charge in [0.25, 0.3) is 0 Å². The number of hydrogen-bond donors (Lipinski definition) is 0. The summed E-state index contributed by atoms with van der Waals surface area (Å²) in [5.74, 6) is -0.632. The molecule has 2 aromatic rings. The summed E-state index contributed by atoms with van der Waals surface area (Å²) in [5.41, 5.74) is 0.558. The molecule has 0 N–H and O–H groups in total. The molecule has 0 saturated carbocycles. The highest BCUT2D eigenvalue weighted by molar-refractivity contribution is 6.03. The minimum absolute atomic E-state index is 0.184. The highest BCUT2D eigenvalue weighted by Crippen LogP contribution is 2.17. The van der Waals surface area contributed by atoms with Gasteiger partial charge in [0.1, 0.15) is 0 Å². The molecule has 0 bridgehead atoms. The third kappa shape index (κ3) is 2.56. The van der Waals surface area contributed by atoms with Crippen LogP contribution in [0.3, 0.4) is 0 Å². The number of carbonyl (C=O) groups is 2. The van der Waals surface area contributed by atoms with Crippen LogP contribution in [0.4, 0.5) is 0 Å². The first-order valence-corrected chi connectivity index (χ1v) is 5.78. The maximum absolute atomic E-state index is 12.0. The molecule has 0 heterocycles. The maximum Gasteiger partial charge on any atom is 0.303 e. The average molecular weight is 242 g/mol. The average Bonchev–Trinajstić information content (AvgIpc) is 2.36. The lowest BCUT2D eigenvalue weighted by atomic mass is 10.0. The van der Waals surface area contributed by atoms with Crippen molar-refractivity contribution < 1.29 is 14.3 Å². The number of esters is 1. The molecule has 92 valence electrons. The maximum atomic E-state index is 12.0. The van der Waals surface area contributed by atoms with Crippen molar-refractivity contribution in [1.82, 2.24) is 0 Å². The number of hydrogen-bond acceptors (Lipinski definition) is 3. The van der Waals surface area contributed by atoms with Crippen LogP contribution in [0.25, 0.3) is 10.8 Å². The van der Waals surface area contributed by atoms with E-state index in [1.165, 1.54) is 6.92 Å². The predicted octanol–water partition coefficient (Wildman–Crippen LogP) is 2.97. The minimum Gasteiger partial charge on any atom is -0.454 e. The lowest BCUT2D eigenvalue weighted by molar-refractivity contribution is -0.143. The van der Waals surface area contributed by atoms with Gasteiger partial charge in [-0.25, -0.2) is 0 Å². The van der Waals surface area contributed by atoms with Crippen molar-refractivity contribution in [2.24, 2.45) is 0 Å². The van der Waals surface area contributed by atoms with Crippen LogP contribution in [0.2, 0.25) is 0 Å². The molecular weight excluding hydrogens is 228 g/mol. The van der Waals surface area contributed by atoms with Crippen LogP contribution in [0.5, 0.6) is 0 Å². The molecule has 0 spiro atoms. The molecule has 1 unspecified atom stereocenters. The molecule has 2 rings (SSSR count). The van der Waals surface area contributed by atoms with E-state index < -0.39 is 12.1 Å². The Balaban J connectivity index is 2.30. The van der Waals surface area contributed by atoms with Gasteiger partial charge in [0.15, 0.2) is 6.10 Å². The molecule has 0 amide bonds. The number of carbonyl (C=O) groups excluding carboxylic acids is 2. The molecule has 0 radical (unpaired) electrons. The first-order chi connectivity index (χ1) is 8.58. The summed E-state index contributed by atoms with van der Waals surface area (Å²) in [6.07, 6.45) is -0.747. The van der Waals surface area contributed by atoms with E-state index in [1.54, 1.807) is 13.0 Å². The van der Waals surface area contributed by atoms with Gasteiger partial charge in [-0.05, 0) is 23.8 Å². The molecule has 0 aromatic heterocycles. The SMILES string of the molecule is CC(=O)OC(C)C(=O)c1ccc2ccccc2c1. The molecule has 3 heteroatoms. The van der Waals surface area contributed by atoms with Gasteiger partial charge in [0, 0.05) is 12.5 Å². The van der Waals surface area contributed by atoms with Crippen LogP contribution < -0.4 is 0 Å². The zero-order valence-corrected chi connectivity index (χ0v) is 10.3. The van der Waals surface area contributed by atoms with Gasteiger partial charge in [-0.2, -0.15) is 0 Å². The number of rotatable bonds is 3. The number of benzene rings is 2. The Morgan fingerprint density at radius 2 is 1.72 bits per heavy atom. The van der Waals surface area contributed by atoms with E-state index in [9.17, 15) is 9.59 Å². The second-order valence-corrected chi connectivity index (χ2v) is 4.18. The van der Waals surface area contributed by atoms with E-state index in [1.807, 2.05) is 36.4 Å². The Hall–Kier alpha value is -2.16. The van der Waals surface area contributed by atoms with Crippen molar-refractivity contribution >= 4 is 22.5 Å². The zero-order chi connectivity index (χ0) is 13.1. The number of fused-ring (bicyclic) bond motifs is 1. The van der Waals surface area contributed by atoms with E-state index >= 15 is 0 Å². The van der Waals surface area contributed by atoms with E-state index in [0.29, 0.717) is 5.56 Å². The number of ether oxygens (including phenoxy) is 1. The van der Waals surface area contributed by atoms with E-state index in [-0.39, 0.29) is 5.78 Å². The fourth-order valence-corrected chi connectivity index (χ4v) is 1.88. The summed E-state index contributed by atoms with van der Waals surface area (Å²) in [6.45, 7) is 2.88. The Morgan fingerprint density at radius 1 is 1.06 bits per heavy atom. The molecule has 0 aliphatic rings. The van der Waals surface area contributed by atoms with Gasteiger partial charge >= 0.3 is 5.97 Å². The van der Waals surface area contributed by atoms with Crippen molar-refractivity contribution in [3.05, 3.63) is 48.0 Å². The summed E-state index contributed by atoms with van der Waals surface area (Å²) in [4.78, 5) is 22.9. The predicted molar refractivity (Wildman–Crippen MR) is 69.5 cm³/mol. The molecule has 1 atom stereocenters. The molecular formula is C15H14O3. The summed E-state index contributed by atoms with van der Waals surface area (Å²) >= 11 is 0. The van der Waals surface area contributed by atoms with Crippen LogP contribution in [0.15, 0.2) is 42.5 Å². The summed E-state index contributed by atoms with van der Waals surface area (Å²) in [7, 11) is 0. The number of Topliss-reactive ketones (excluding diaryl/α,β-unsaturated/α-hetero) is 1. The van der Waals surface area contributed by atoms with Crippen LogP contribution in [0, 0.1) is 0 Å². The third-order valence-electron chi connectivity index (χ3n) is 2.75. The van der Waals surface area contributed by atoms with Crippen molar-refractivity contribution in [3.8, 4) is 0 Å². The van der Waals surface area contributed by atoms with Crippen molar-refractivity contribution in [2.45, 2.75) is 20.0 Å². The summed E-state index contributed by atoms with van der Waals surface area (Å²) in [6, 6.07) is 13.3. The molecule has 2 aromatic carbocycles. The third-order valence-corrected chi connectivity index (χ3v) is 2.75. The second-order valence-electron chi connectivity index (χ2n) is 4.18. The monoisotopic (exact) mass is 242 g/mol. The quantitative estimate of drug-likeness (QED) is 0.614. The molecule has 0 aliphatic carbocycles. The highest BCUT2D eigenvalue weighted by atomic mass is 16.5. The number of ketones is 1. The summed E-state index contributed by atoms with van der Waals surface area (Å²) < 4.78 is 4.89. The van der Waals surface area contributed by atoms with Crippen LogP contribution in [0.1, 0.15) is 24.2 Å². The standard InChI is InChI=1S/C15H14O3/c1-10(18-11(2)16)15(17)14-8-7-12-5-3-4-6-13(12)9-14/h3-10H,1-2H3. The smallest absolute Gasteiger partial charge is 0.303 e. The zero-order valence-electron chi connectivity index (χ0n) is 10.3. The van der Waals surface area contributed by atoms with Crippen molar-refractivity contribution in [3.63, 3.8) is 0 Å². The largest absolute Gasteiger partial charge is 0.454 e. The Bertz CT molecular complexity index is 601. The molecule has 3 nitrogen and oxygen atoms in total. The minimum atomic E-state index is -0.747. The van der Waals surface area contributed by atoms with Gasteiger partial charge in [-0.1, -0.05) is 36.4 Å². The second kappa shape index (κ2) is 5.00. The highest BCUT2D eigenvalue weighted by Gasteiger charge is 2.17. The fraction of sp³-hybridized carbons (Fsp3) is 0.200. The van der Waals surface area contributed by atoms with Crippen LogP contribution in [-0.4, -0.2) is 17.9 Å². The summed E-state index contributed by atoms with van der Waals surface area (Å²) in [5, 5.41) is 2.08. The molecule has 18 heavy (non-hydrogen) atoms. The fourth-order valence-electron chi connectivity index (χ4n) is 1.88.